The molecule has 1 aromatic rings. The van der Waals surface area contributed by atoms with Gasteiger partial charge in [0, 0.05) is 12.6 Å². The number of nitrogens with zero attached hydrogens (tertiary/aromatic N) is 2. The molecular formula is C10H14N3O8P-2. The smallest absolute Gasteiger partial charge is 0.351 e. The van der Waals surface area contributed by atoms with Gasteiger partial charge in [0.2, 0.25) is 0 Å². The van der Waals surface area contributed by atoms with Gasteiger partial charge >= 0.3 is 5.69 Å². The fourth-order valence-corrected chi connectivity index (χ4v) is 2.43. The lowest BCUT2D eigenvalue weighted by Gasteiger charge is -2.29. The first-order valence-electron chi connectivity index (χ1n) is 6.22. The Morgan fingerprint density at radius 3 is 2.73 bits per heavy atom. The molecule has 1 saturated heterocycles. The van der Waals surface area contributed by atoms with Gasteiger partial charge in [-0.1, -0.05) is 0 Å². The fourth-order valence-electron chi connectivity index (χ4n) is 2.10. The molecule has 1 aromatic heterocycles. The Morgan fingerprint density at radius 2 is 2.14 bits per heavy atom. The van der Waals surface area contributed by atoms with Crippen LogP contribution in [0.5, 0.6) is 0 Å². The van der Waals surface area contributed by atoms with E-state index in [9.17, 15) is 29.4 Å². The second-order valence-electron chi connectivity index (χ2n) is 4.66. The standard InChI is InChI=1S/C10H16N3O8P/c11-6-1-3-13(10(16)12-6)9-8(15)7(14)5(21-9)2-4-20-22(17,18)19/h1,3,5,7-9,14-15H,2,4H2,(H2,11,12,16)(H2,17,18,19)/p-2. The molecule has 0 aliphatic carbocycles. The summed E-state index contributed by atoms with van der Waals surface area (Å²) < 4.78 is 20.6. The lowest BCUT2D eigenvalue weighted by molar-refractivity contribution is -0.341. The van der Waals surface area contributed by atoms with E-state index in [-0.39, 0.29) is 12.2 Å². The Balaban J connectivity index is 2.06. The largest absolute Gasteiger partial charge is 0.790 e. The van der Waals surface area contributed by atoms with Crippen LogP contribution in [0.25, 0.3) is 0 Å². The van der Waals surface area contributed by atoms with Gasteiger partial charge in [-0.25, -0.2) is 4.79 Å². The molecule has 0 aromatic carbocycles. The maximum Gasteiger partial charge on any atom is 0.351 e. The van der Waals surface area contributed by atoms with Crippen LogP contribution in [0.3, 0.4) is 0 Å². The van der Waals surface area contributed by atoms with Crippen molar-refractivity contribution >= 4 is 13.6 Å². The van der Waals surface area contributed by atoms with E-state index in [2.05, 4.69) is 9.51 Å². The molecule has 22 heavy (non-hydrogen) atoms. The molecule has 0 radical (unpaired) electrons. The van der Waals surface area contributed by atoms with E-state index in [1.54, 1.807) is 0 Å². The van der Waals surface area contributed by atoms with Crippen molar-refractivity contribution in [3.05, 3.63) is 22.7 Å². The lowest BCUT2D eigenvalue weighted by atomic mass is 10.1. The number of hydrogen-bond acceptors (Lipinski definition) is 10. The second-order valence-corrected chi connectivity index (χ2v) is 5.81. The van der Waals surface area contributed by atoms with Crippen molar-refractivity contribution in [1.29, 1.82) is 0 Å². The first kappa shape index (κ1) is 17.0. The number of phosphoric acid groups is 1. The molecule has 12 heteroatoms. The van der Waals surface area contributed by atoms with Gasteiger partial charge in [0.1, 0.15) is 18.0 Å². The SMILES string of the molecule is Nc1ccn(C2OC(CCOP(=O)([O-])[O-])C(O)C2O)c(=O)n1. The molecule has 124 valence electrons. The van der Waals surface area contributed by atoms with Gasteiger partial charge in [-0.3, -0.25) is 4.57 Å². The minimum Gasteiger partial charge on any atom is -0.790 e. The van der Waals surface area contributed by atoms with Crippen molar-refractivity contribution in [1.82, 2.24) is 9.55 Å². The zero-order chi connectivity index (χ0) is 16.5. The van der Waals surface area contributed by atoms with E-state index in [1.807, 2.05) is 0 Å². The molecule has 1 aliphatic heterocycles. The van der Waals surface area contributed by atoms with Crippen LogP contribution in [-0.4, -0.2) is 44.7 Å². The van der Waals surface area contributed by atoms with Crippen LogP contribution >= 0.6 is 7.82 Å². The van der Waals surface area contributed by atoms with Gasteiger partial charge in [-0.2, -0.15) is 4.98 Å². The minimum atomic E-state index is -5.12. The van der Waals surface area contributed by atoms with Crippen molar-refractivity contribution in [2.75, 3.05) is 12.3 Å². The van der Waals surface area contributed by atoms with Gasteiger partial charge in [0.25, 0.3) is 0 Å². The van der Waals surface area contributed by atoms with Crippen molar-refractivity contribution in [3.63, 3.8) is 0 Å². The van der Waals surface area contributed by atoms with Crippen LogP contribution in [0.15, 0.2) is 17.1 Å². The summed E-state index contributed by atoms with van der Waals surface area (Å²) in [5, 5.41) is 19.8. The zero-order valence-corrected chi connectivity index (χ0v) is 12.0. The average molecular weight is 335 g/mol. The lowest BCUT2D eigenvalue weighted by Crippen LogP contribution is -2.35. The first-order valence-corrected chi connectivity index (χ1v) is 7.68. The number of ether oxygens (including phenoxy) is 1. The predicted octanol–water partition coefficient (Wildman–Crippen LogP) is -3.32. The van der Waals surface area contributed by atoms with Crippen LogP contribution in [0, 0.1) is 0 Å². The molecule has 0 bridgehead atoms. The Hall–Kier alpha value is -1.33. The van der Waals surface area contributed by atoms with Crippen molar-refractivity contribution in [2.45, 2.75) is 31.0 Å². The Kier molecular flexibility index (Phi) is 4.97. The topological polar surface area (TPSA) is 183 Å². The highest BCUT2D eigenvalue weighted by molar-refractivity contribution is 7.43. The number of aromatic nitrogens is 2. The number of anilines is 1. The third-order valence-electron chi connectivity index (χ3n) is 3.11. The Labute approximate surface area is 124 Å². The number of phosphoric ester groups is 1. The first-order chi connectivity index (χ1) is 10.2. The highest BCUT2D eigenvalue weighted by atomic mass is 31.2. The van der Waals surface area contributed by atoms with E-state index in [4.69, 9.17) is 10.5 Å². The minimum absolute atomic E-state index is 0.0131. The zero-order valence-electron chi connectivity index (χ0n) is 11.1. The third-order valence-corrected chi connectivity index (χ3v) is 3.61. The van der Waals surface area contributed by atoms with E-state index in [1.165, 1.54) is 12.3 Å². The molecule has 0 amide bonds. The Bertz CT molecular complexity index is 631. The van der Waals surface area contributed by atoms with Crippen LogP contribution in [-0.2, 0) is 13.8 Å². The van der Waals surface area contributed by atoms with Crippen molar-refractivity contribution in [3.8, 4) is 0 Å². The molecule has 1 aliphatic rings. The fraction of sp³-hybridized carbons (Fsp3) is 0.600. The monoisotopic (exact) mass is 335 g/mol. The summed E-state index contributed by atoms with van der Waals surface area (Å²) in [6.07, 6.45) is -3.99. The summed E-state index contributed by atoms with van der Waals surface area (Å²) in [5.41, 5.74) is 4.56. The normalized spacial score (nSPS) is 28.9. The molecule has 2 heterocycles. The molecule has 4 atom stereocenters. The van der Waals surface area contributed by atoms with Gasteiger partial charge in [-0.05, 0) is 6.07 Å². The quantitative estimate of drug-likeness (QED) is 0.460. The maximum atomic E-state index is 11.7. The van der Waals surface area contributed by atoms with Crippen LogP contribution in [0.2, 0.25) is 0 Å². The summed E-state index contributed by atoms with van der Waals surface area (Å²) in [5.74, 6) is -0.0131. The second kappa shape index (κ2) is 6.42. The average Bonchev–Trinajstić information content (AvgIpc) is 2.66. The molecule has 0 spiro atoms. The van der Waals surface area contributed by atoms with E-state index in [0.29, 0.717) is 0 Å². The van der Waals surface area contributed by atoms with Crippen molar-refractivity contribution in [2.24, 2.45) is 0 Å². The highest BCUT2D eigenvalue weighted by Crippen LogP contribution is 2.31. The van der Waals surface area contributed by atoms with E-state index < -0.39 is 44.7 Å². The van der Waals surface area contributed by atoms with Crippen LogP contribution in [0.4, 0.5) is 5.82 Å². The van der Waals surface area contributed by atoms with Gasteiger partial charge in [-0.15, -0.1) is 0 Å². The number of hydrogen-bond donors (Lipinski definition) is 3. The summed E-state index contributed by atoms with van der Waals surface area (Å²) in [6.45, 7) is -0.514. The third kappa shape index (κ3) is 3.90. The maximum absolute atomic E-state index is 11.7. The summed E-state index contributed by atoms with van der Waals surface area (Å²) in [6, 6.07) is 1.31. The van der Waals surface area contributed by atoms with Gasteiger partial charge in [0.15, 0.2) is 6.23 Å². The molecule has 11 nitrogen and oxygen atoms in total. The van der Waals surface area contributed by atoms with Gasteiger partial charge < -0.3 is 39.6 Å². The number of nitrogen functional groups attached to an aromatic ring is 1. The highest BCUT2D eigenvalue weighted by Gasteiger charge is 2.43. The summed E-state index contributed by atoms with van der Waals surface area (Å²) in [4.78, 5) is 35.8. The van der Waals surface area contributed by atoms with Gasteiger partial charge in [0.05, 0.1) is 20.5 Å². The molecule has 0 saturated carbocycles. The molecule has 2 rings (SSSR count). The van der Waals surface area contributed by atoms with E-state index in [0.717, 1.165) is 4.57 Å². The summed E-state index contributed by atoms with van der Waals surface area (Å²) >= 11 is 0. The predicted molar refractivity (Wildman–Crippen MR) is 67.0 cm³/mol. The van der Waals surface area contributed by atoms with Crippen molar-refractivity contribution < 1.29 is 33.8 Å². The molecule has 1 fully saturated rings. The molecule has 4 N–H and O–H groups in total. The number of nitrogens with two attached hydrogens (primary N) is 1. The summed E-state index contributed by atoms with van der Waals surface area (Å²) in [7, 11) is -5.12. The number of aliphatic hydroxyl groups excluding tert-OH is 2. The number of aliphatic hydroxyl groups is 2. The molecular weight excluding hydrogens is 321 g/mol. The Morgan fingerprint density at radius 1 is 1.45 bits per heavy atom. The number of rotatable bonds is 5. The van der Waals surface area contributed by atoms with Crippen LogP contribution in [0.1, 0.15) is 12.6 Å². The van der Waals surface area contributed by atoms with E-state index >= 15 is 0 Å². The van der Waals surface area contributed by atoms with Crippen LogP contribution < -0.4 is 21.2 Å². The molecule has 4 unspecified atom stereocenters.